The molecule has 8 N–H and O–H groups in total. The molecule has 0 radical (unpaired) electrons. The number of aliphatic carboxylic acids is 2. The van der Waals surface area contributed by atoms with Gasteiger partial charge in [0.05, 0.1) is 0 Å². The third kappa shape index (κ3) is 19.4. The Morgan fingerprint density at radius 3 is 1.29 bits per heavy atom. The fourth-order valence-electron chi connectivity index (χ4n) is 1.23. The number of carboxylic acid groups (broad SMARTS) is 2. The predicted molar refractivity (Wildman–Crippen MR) is 77.3 cm³/mol. The molecule has 0 spiro atoms. The van der Waals surface area contributed by atoms with Gasteiger partial charge in [-0.25, -0.2) is 0 Å². The third-order valence-corrected chi connectivity index (χ3v) is 2.49. The van der Waals surface area contributed by atoms with E-state index < -0.39 is 24.0 Å². The number of unbranched alkanes of at least 4 members (excludes halogenated alkanes) is 2. The van der Waals surface area contributed by atoms with E-state index in [0.29, 0.717) is 25.9 Å². The van der Waals surface area contributed by atoms with Crippen LogP contribution in [-0.2, 0) is 29.1 Å². The molecule has 0 aromatic carbocycles. The van der Waals surface area contributed by atoms with Gasteiger partial charge in [-0.15, -0.1) is 0 Å². The van der Waals surface area contributed by atoms with E-state index in [-0.39, 0.29) is 19.5 Å². The monoisotopic (exact) mass is 354 g/mol. The summed E-state index contributed by atoms with van der Waals surface area (Å²) in [5.74, 6) is -2.09. The summed E-state index contributed by atoms with van der Waals surface area (Å²) in [4.78, 5) is 20.1. The third-order valence-electron chi connectivity index (χ3n) is 2.49. The van der Waals surface area contributed by atoms with Gasteiger partial charge < -0.3 is 33.1 Å². The maximum Gasteiger partial charge on any atom is 2.00 e. The molecule has 0 saturated carbocycles. The Kier molecular flexibility index (Phi) is 21.1. The van der Waals surface area contributed by atoms with Crippen molar-refractivity contribution >= 4 is 11.9 Å². The summed E-state index contributed by atoms with van der Waals surface area (Å²) in [6.45, 7) is 1.15. The van der Waals surface area contributed by atoms with Crippen LogP contribution in [0.2, 0.25) is 0 Å². The van der Waals surface area contributed by atoms with Crippen molar-refractivity contribution < 1.29 is 39.3 Å². The minimum atomic E-state index is -1.04. The molecule has 0 aliphatic rings. The second-order valence-electron chi connectivity index (χ2n) is 4.35. The second kappa shape index (κ2) is 17.5. The number of nitrogens with one attached hydrogen (secondary N) is 2. The van der Waals surface area contributed by atoms with Gasteiger partial charge in [0, 0.05) is 0 Å². The molecular formula is C12H26N4O4Zn. The van der Waals surface area contributed by atoms with Gasteiger partial charge in [-0.3, -0.25) is 9.59 Å². The van der Waals surface area contributed by atoms with E-state index in [1.807, 2.05) is 0 Å². The van der Waals surface area contributed by atoms with Crippen LogP contribution in [-0.4, -0.2) is 47.3 Å². The van der Waals surface area contributed by atoms with E-state index in [0.717, 1.165) is 25.7 Å². The molecule has 0 saturated heterocycles. The normalized spacial score (nSPS) is 12.4. The van der Waals surface area contributed by atoms with Crippen molar-refractivity contribution in [3.05, 3.63) is 11.5 Å². The fraction of sp³-hybridized carbons (Fsp3) is 0.833. The van der Waals surface area contributed by atoms with Crippen molar-refractivity contribution in [1.82, 2.24) is 0 Å². The first-order valence-corrected chi connectivity index (χ1v) is 6.64. The number of nitrogens with two attached hydrogens (primary N) is 2. The van der Waals surface area contributed by atoms with Crippen LogP contribution in [0.15, 0.2) is 0 Å². The molecule has 0 rings (SSSR count). The molecule has 8 nitrogen and oxygen atoms in total. The summed E-state index contributed by atoms with van der Waals surface area (Å²) in [5.41, 5.74) is 24.3. The molecule has 0 aromatic rings. The smallest absolute Gasteiger partial charge is 0.665 e. The average Bonchev–Trinajstić information content (AvgIpc) is 2.39. The zero-order chi connectivity index (χ0) is 16.0. The number of hydrogen-bond donors (Lipinski definition) is 4. The minimum absolute atomic E-state index is 0. The largest absolute Gasteiger partial charge is 2.00 e. The van der Waals surface area contributed by atoms with Gasteiger partial charge in [0.15, 0.2) is 0 Å². The van der Waals surface area contributed by atoms with Crippen LogP contribution < -0.4 is 11.5 Å². The van der Waals surface area contributed by atoms with Crippen LogP contribution in [0.4, 0.5) is 0 Å². The molecule has 0 aliphatic heterocycles. The maximum atomic E-state index is 10.1. The Morgan fingerprint density at radius 1 is 0.810 bits per heavy atom. The molecule has 0 fully saturated rings. The molecule has 0 bridgehead atoms. The maximum absolute atomic E-state index is 10.1. The molecule has 0 unspecified atom stereocenters. The number of hydrogen-bond acceptors (Lipinski definition) is 4. The van der Waals surface area contributed by atoms with E-state index >= 15 is 0 Å². The van der Waals surface area contributed by atoms with E-state index in [9.17, 15) is 9.59 Å². The van der Waals surface area contributed by atoms with Crippen molar-refractivity contribution in [2.75, 3.05) is 13.1 Å². The first-order valence-electron chi connectivity index (χ1n) is 6.64. The van der Waals surface area contributed by atoms with Crippen molar-refractivity contribution in [2.45, 2.75) is 50.6 Å². The van der Waals surface area contributed by atoms with E-state index in [4.69, 9.17) is 33.1 Å². The van der Waals surface area contributed by atoms with Crippen molar-refractivity contribution in [1.29, 1.82) is 0 Å². The van der Waals surface area contributed by atoms with E-state index in [1.54, 1.807) is 0 Å². The summed E-state index contributed by atoms with van der Waals surface area (Å²) >= 11 is 0. The van der Waals surface area contributed by atoms with Crippen LogP contribution >= 0.6 is 0 Å². The van der Waals surface area contributed by atoms with Crippen LogP contribution in [0.25, 0.3) is 11.5 Å². The van der Waals surface area contributed by atoms with Gasteiger partial charge in [-0.1, -0.05) is 25.7 Å². The fourth-order valence-corrected chi connectivity index (χ4v) is 1.23. The quantitative estimate of drug-likeness (QED) is 0.338. The Labute approximate surface area is 138 Å². The topological polar surface area (TPSA) is 174 Å². The number of rotatable bonds is 10. The van der Waals surface area contributed by atoms with Gasteiger partial charge >= 0.3 is 19.5 Å². The van der Waals surface area contributed by atoms with E-state index in [2.05, 4.69) is 0 Å². The van der Waals surface area contributed by atoms with Crippen LogP contribution in [0, 0.1) is 0 Å². The van der Waals surface area contributed by atoms with Gasteiger partial charge in [0.25, 0.3) is 11.9 Å². The molecule has 0 heterocycles. The first kappa shape index (κ1) is 25.4. The number of carbonyl (C=O) groups is 2. The SMILES string of the molecule is [NH-][C@@H](CCCCN)C(=O)O.[NH-][C@@H](CCCCN)C(=O)O.[Zn+2]. The Hall–Kier alpha value is -0.597. The molecule has 120 valence electrons. The van der Waals surface area contributed by atoms with E-state index in [1.165, 1.54) is 0 Å². The zero-order valence-electron chi connectivity index (χ0n) is 12.4. The second-order valence-corrected chi connectivity index (χ2v) is 4.35. The summed E-state index contributed by atoms with van der Waals surface area (Å²) < 4.78 is 0. The first-order chi connectivity index (χ1) is 9.36. The molecule has 9 heteroatoms. The molecule has 0 aromatic heterocycles. The van der Waals surface area contributed by atoms with Crippen LogP contribution in [0.3, 0.4) is 0 Å². The summed E-state index contributed by atoms with van der Waals surface area (Å²) in [7, 11) is 0. The standard InChI is InChI=1S/2C6H13N2O2.Zn/c2*7-4-2-1-3-5(8)6(9)10;/h2*5,8H,1-4,7H2,(H,9,10);/q2*-1;+2/t2*5-;/m00./s1. The molecule has 0 aliphatic carbocycles. The molecular weight excluding hydrogens is 330 g/mol. The Morgan fingerprint density at radius 2 is 1.10 bits per heavy atom. The van der Waals surface area contributed by atoms with Gasteiger partial charge in [0.2, 0.25) is 0 Å². The van der Waals surface area contributed by atoms with Gasteiger partial charge in [0.1, 0.15) is 0 Å². The van der Waals surface area contributed by atoms with Crippen LogP contribution in [0.5, 0.6) is 0 Å². The van der Waals surface area contributed by atoms with Gasteiger partial charge in [-0.2, -0.15) is 0 Å². The van der Waals surface area contributed by atoms with Gasteiger partial charge in [-0.05, 0) is 38.0 Å². The zero-order valence-corrected chi connectivity index (χ0v) is 15.4. The van der Waals surface area contributed by atoms with Crippen molar-refractivity contribution in [3.63, 3.8) is 0 Å². The average molecular weight is 356 g/mol. The Bertz CT molecular complexity index is 244. The Balaban J connectivity index is -0.000000295. The molecule has 0 amide bonds. The summed E-state index contributed by atoms with van der Waals surface area (Å²) in [6, 6.07) is -1.93. The number of carboxylic acids is 2. The summed E-state index contributed by atoms with van der Waals surface area (Å²) in [6.07, 6.45) is 3.90. The van der Waals surface area contributed by atoms with Crippen LogP contribution in [0.1, 0.15) is 38.5 Å². The minimum Gasteiger partial charge on any atom is -0.665 e. The molecule has 2 atom stereocenters. The van der Waals surface area contributed by atoms with Crippen molar-refractivity contribution in [2.24, 2.45) is 11.5 Å². The van der Waals surface area contributed by atoms with Crippen molar-refractivity contribution in [3.8, 4) is 0 Å². The summed E-state index contributed by atoms with van der Waals surface area (Å²) in [5, 5.41) is 16.5. The molecule has 21 heavy (non-hydrogen) atoms. The predicted octanol–water partition coefficient (Wildman–Crippen LogP) is 1.24.